The van der Waals surface area contributed by atoms with Gasteiger partial charge in [-0.2, -0.15) is 10.5 Å². The lowest BCUT2D eigenvalue weighted by molar-refractivity contribution is 0.354. The summed E-state index contributed by atoms with van der Waals surface area (Å²) in [5.41, 5.74) is 3.23. The van der Waals surface area contributed by atoms with Crippen LogP contribution in [0.1, 0.15) is 16.7 Å². The van der Waals surface area contributed by atoms with E-state index in [1.165, 1.54) is 6.07 Å². The number of aryl methyl sites for hydroxylation is 1. The van der Waals surface area contributed by atoms with E-state index < -0.39 is 0 Å². The lowest BCUT2D eigenvalue weighted by Gasteiger charge is -2.25. The first-order valence-electron chi connectivity index (χ1n) is 7.02. The summed E-state index contributed by atoms with van der Waals surface area (Å²) < 4.78 is 12.4. The minimum Gasteiger partial charge on any atom is -0.493 e. The molecule has 0 fully saturated rings. The van der Waals surface area contributed by atoms with Crippen LogP contribution in [0.2, 0.25) is 0 Å². The molecule has 0 unspecified atom stereocenters. The fourth-order valence-corrected chi connectivity index (χ4v) is 2.95. The molecule has 1 aromatic heterocycles. The van der Waals surface area contributed by atoms with Crippen LogP contribution >= 0.6 is 0 Å². The Hall–Kier alpha value is -3.25. The molecule has 0 aliphatic carbocycles. The number of ether oxygens (including phenoxy) is 2. The first kappa shape index (κ1) is 14.7. The predicted molar refractivity (Wildman–Crippen MR) is 82.0 cm³/mol. The maximum atomic E-state index is 9.47. The van der Waals surface area contributed by atoms with Crippen molar-refractivity contribution in [2.24, 2.45) is 0 Å². The Morgan fingerprint density at radius 3 is 2.30 bits per heavy atom. The normalized spacial score (nSPS) is 11.7. The van der Waals surface area contributed by atoms with Gasteiger partial charge >= 0.3 is 0 Å². The van der Waals surface area contributed by atoms with Gasteiger partial charge in [-0.3, -0.25) is 5.41 Å². The van der Waals surface area contributed by atoms with Crippen molar-refractivity contribution in [2.45, 2.75) is 13.0 Å². The second kappa shape index (κ2) is 5.51. The summed E-state index contributed by atoms with van der Waals surface area (Å²) in [6.07, 6.45) is 0.693. The van der Waals surface area contributed by atoms with Gasteiger partial charge in [-0.15, -0.1) is 0 Å². The number of benzene rings is 1. The Morgan fingerprint density at radius 1 is 1.04 bits per heavy atom. The van der Waals surface area contributed by atoms with Crippen molar-refractivity contribution < 1.29 is 9.47 Å². The quantitative estimate of drug-likeness (QED) is 0.917. The van der Waals surface area contributed by atoms with Crippen LogP contribution in [0.4, 0.5) is 0 Å². The second-order valence-electron chi connectivity index (χ2n) is 5.16. The van der Waals surface area contributed by atoms with E-state index in [0.717, 1.165) is 11.1 Å². The van der Waals surface area contributed by atoms with Crippen molar-refractivity contribution in [3.8, 4) is 34.9 Å². The standard InChI is InChI=1S/C17H14N4O2/c1-22-14-6-10-3-4-21-16(13(10)7-15(14)23-2)11(8-18)5-12(9-19)17(21)20/h5-7,20H,3-4H2,1-2H3. The van der Waals surface area contributed by atoms with E-state index in [-0.39, 0.29) is 11.1 Å². The van der Waals surface area contributed by atoms with E-state index in [2.05, 4.69) is 6.07 Å². The van der Waals surface area contributed by atoms with E-state index in [9.17, 15) is 5.26 Å². The van der Waals surface area contributed by atoms with Gasteiger partial charge in [0.15, 0.2) is 11.5 Å². The minimum atomic E-state index is 0.127. The Kier molecular flexibility index (Phi) is 3.51. The van der Waals surface area contributed by atoms with Gasteiger partial charge in [-0.05, 0) is 30.2 Å². The molecule has 2 aromatic rings. The number of nitrogens with zero attached hydrogens (tertiary/aromatic N) is 3. The van der Waals surface area contributed by atoms with Crippen molar-refractivity contribution in [1.29, 1.82) is 15.9 Å². The Morgan fingerprint density at radius 2 is 1.70 bits per heavy atom. The number of nitrogens with one attached hydrogen (secondary N) is 1. The highest BCUT2D eigenvalue weighted by atomic mass is 16.5. The molecule has 1 aromatic carbocycles. The smallest absolute Gasteiger partial charge is 0.161 e. The summed E-state index contributed by atoms with van der Waals surface area (Å²) in [7, 11) is 3.14. The van der Waals surface area contributed by atoms with Crippen LogP contribution in [0.25, 0.3) is 11.3 Å². The molecule has 0 bridgehead atoms. The highest BCUT2D eigenvalue weighted by molar-refractivity contribution is 5.75. The SMILES string of the molecule is COc1cc2c(cc1OC)-c1c(C#N)cc(C#N)c(=N)n1CC2. The largest absolute Gasteiger partial charge is 0.493 e. The number of hydrogen-bond donors (Lipinski definition) is 1. The monoisotopic (exact) mass is 306 g/mol. The number of nitriles is 2. The van der Waals surface area contributed by atoms with Gasteiger partial charge in [0.1, 0.15) is 17.6 Å². The van der Waals surface area contributed by atoms with Crippen LogP contribution in [0.15, 0.2) is 18.2 Å². The van der Waals surface area contributed by atoms with Gasteiger partial charge < -0.3 is 14.0 Å². The number of methoxy groups -OCH3 is 2. The van der Waals surface area contributed by atoms with Gasteiger partial charge in [0.2, 0.25) is 0 Å². The Balaban J connectivity index is 2.38. The zero-order chi connectivity index (χ0) is 16.6. The number of fused-ring (bicyclic) bond motifs is 3. The van der Waals surface area contributed by atoms with E-state index in [4.69, 9.17) is 20.1 Å². The lowest BCUT2D eigenvalue weighted by Crippen LogP contribution is -2.29. The summed E-state index contributed by atoms with van der Waals surface area (Å²) in [4.78, 5) is 0. The molecule has 0 saturated heterocycles. The average molecular weight is 306 g/mol. The zero-order valence-electron chi connectivity index (χ0n) is 12.8. The third-order valence-electron chi connectivity index (χ3n) is 4.05. The summed E-state index contributed by atoms with van der Waals surface area (Å²) in [6.45, 7) is 0.543. The van der Waals surface area contributed by atoms with Crippen molar-refractivity contribution in [1.82, 2.24) is 4.57 Å². The number of rotatable bonds is 2. The Bertz CT molecular complexity index is 945. The molecule has 1 aliphatic rings. The fourth-order valence-electron chi connectivity index (χ4n) is 2.95. The molecule has 0 amide bonds. The highest BCUT2D eigenvalue weighted by Gasteiger charge is 2.23. The van der Waals surface area contributed by atoms with Crippen LogP contribution in [0, 0.1) is 28.1 Å². The molecule has 6 nitrogen and oxygen atoms in total. The topological polar surface area (TPSA) is 94.8 Å². The lowest BCUT2D eigenvalue weighted by atomic mass is 9.93. The molecule has 0 radical (unpaired) electrons. The molecule has 0 atom stereocenters. The van der Waals surface area contributed by atoms with Gasteiger partial charge in [0.25, 0.3) is 0 Å². The van der Waals surface area contributed by atoms with Crippen LogP contribution in [-0.4, -0.2) is 18.8 Å². The van der Waals surface area contributed by atoms with E-state index in [1.807, 2.05) is 18.2 Å². The second-order valence-corrected chi connectivity index (χ2v) is 5.16. The minimum absolute atomic E-state index is 0.127. The predicted octanol–water partition coefficient (Wildman–Crippen LogP) is 1.95. The van der Waals surface area contributed by atoms with Gasteiger partial charge in [0, 0.05) is 12.1 Å². The number of aromatic nitrogens is 1. The summed E-state index contributed by atoms with van der Waals surface area (Å²) in [6, 6.07) is 9.32. The molecule has 1 N–H and O–H groups in total. The summed E-state index contributed by atoms with van der Waals surface area (Å²) in [5, 5.41) is 26.8. The molecule has 6 heteroatoms. The molecule has 1 aliphatic heterocycles. The summed E-state index contributed by atoms with van der Waals surface area (Å²) >= 11 is 0. The van der Waals surface area contributed by atoms with E-state index in [0.29, 0.717) is 35.7 Å². The van der Waals surface area contributed by atoms with E-state index >= 15 is 0 Å². The summed E-state index contributed by atoms with van der Waals surface area (Å²) in [5.74, 6) is 1.21. The highest BCUT2D eigenvalue weighted by Crippen LogP contribution is 2.39. The van der Waals surface area contributed by atoms with Crippen molar-refractivity contribution in [3.05, 3.63) is 40.4 Å². The van der Waals surface area contributed by atoms with Crippen LogP contribution in [-0.2, 0) is 13.0 Å². The first-order valence-corrected chi connectivity index (χ1v) is 7.02. The molecule has 3 rings (SSSR count). The zero-order valence-corrected chi connectivity index (χ0v) is 12.8. The molecule has 0 spiro atoms. The Labute approximate surface area is 133 Å². The maximum Gasteiger partial charge on any atom is 0.161 e. The van der Waals surface area contributed by atoms with Gasteiger partial charge in [0.05, 0.1) is 31.0 Å². The third-order valence-corrected chi connectivity index (χ3v) is 4.05. The van der Waals surface area contributed by atoms with Crippen LogP contribution in [0.5, 0.6) is 11.5 Å². The van der Waals surface area contributed by atoms with Crippen molar-refractivity contribution in [3.63, 3.8) is 0 Å². The van der Waals surface area contributed by atoms with Gasteiger partial charge in [-0.1, -0.05) is 0 Å². The maximum absolute atomic E-state index is 9.47. The number of pyridine rings is 1. The van der Waals surface area contributed by atoms with Crippen molar-refractivity contribution in [2.75, 3.05) is 14.2 Å². The van der Waals surface area contributed by atoms with E-state index in [1.54, 1.807) is 18.8 Å². The molecule has 0 saturated carbocycles. The van der Waals surface area contributed by atoms with Crippen molar-refractivity contribution >= 4 is 0 Å². The fraction of sp³-hybridized carbons (Fsp3) is 0.235. The average Bonchev–Trinajstić information content (AvgIpc) is 2.60. The number of hydrogen-bond acceptors (Lipinski definition) is 5. The molecule has 23 heavy (non-hydrogen) atoms. The molecule has 114 valence electrons. The molecule has 2 heterocycles. The molecular formula is C17H14N4O2. The van der Waals surface area contributed by atoms with Crippen LogP contribution < -0.4 is 15.0 Å². The molecular weight excluding hydrogens is 292 g/mol. The first-order chi connectivity index (χ1) is 11.1. The van der Waals surface area contributed by atoms with Crippen LogP contribution in [0.3, 0.4) is 0 Å². The third kappa shape index (κ3) is 2.13. The van der Waals surface area contributed by atoms with Gasteiger partial charge in [-0.25, -0.2) is 0 Å².